The first-order valence-corrected chi connectivity index (χ1v) is 8.76. The van der Waals surface area contributed by atoms with Gasteiger partial charge in [0.2, 0.25) is 0 Å². The summed E-state index contributed by atoms with van der Waals surface area (Å²) >= 11 is 0. The number of aromatic amines is 1. The van der Waals surface area contributed by atoms with Crippen molar-refractivity contribution in [2.45, 2.75) is 19.8 Å². The number of carbonyl (C=O) groups is 1. The molecule has 0 fully saturated rings. The molecule has 0 unspecified atom stereocenters. The van der Waals surface area contributed by atoms with Crippen molar-refractivity contribution in [1.82, 2.24) is 35.5 Å². The number of nitrogens with zero attached hydrogens (tertiary/aromatic N) is 5. The van der Waals surface area contributed by atoms with Gasteiger partial charge in [-0.25, -0.2) is 9.67 Å². The van der Waals surface area contributed by atoms with Gasteiger partial charge in [0, 0.05) is 18.5 Å². The number of hydrogen-bond acceptors (Lipinski definition) is 5. The fourth-order valence-electron chi connectivity index (χ4n) is 3.01. The first-order valence-electron chi connectivity index (χ1n) is 8.76. The topological polar surface area (TPSA) is 101 Å². The van der Waals surface area contributed by atoms with Crippen molar-refractivity contribution in [3.63, 3.8) is 0 Å². The molecule has 0 spiro atoms. The molecule has 0 aliphatic rings. The van der Waals surface area contributed by atoms with E-state index in [0.29, 0.717) is 12.1 Å². The molecule has 1 amide bonds. The molecule has 0 aliphatic heterocycles. The fraction of sp³-hybridized carbons (Fsp3) is 0.211. The highest BCUT2D eigenvalue weighted by Crippen LogP contribution is 2.14. The maximum absolute atomic E-state index is 12.4. The van der Waals surface area contributed by atoms with Crippen molar-refractivity contribution in [2.24, 2.45) is 0 Å². The van der Waals surface area contributed by atoms with Gasteiger partial charge in [0.05, 0.1) is 16.7 Å². The van der Waals surface area contributed by atoms with Gasteiger partial charge >= 0.3 is 0 Å². The van der Waals surface area contributed by atoms with Crippen LogP contribution in [0, 0.1) is 6.92 Å². The third-order valence-corrected chi connectivity index (χ3v) is 4.37. The van der Waals surface area contributed by atoms with E-state index in [1.165, 1.54) is 6.33 Å². The van der Waals surface area contributed by atoms with Gasteiger partial charge in [-0.2, -0.15) is 0 Å². The number of H-pyrrole nitrogens is 1. The molecule has 136 valence electrons. The first kappa shape index (κ1) is 16.9. The van der Waals surface area contributed by atoms with Crippen molar-refractivity contribution < 1.29 is 4.79 Å². The molecule has 2 N–H and O–H groups in total. The van der Waals surface area contributed by atoms with Crippen LogP contribution in [-0.4, -0.2) is 42.6 Å². The predicted molar refractivity (Wildman–Crippen MR) is 101 cm³/mol. The van der Waals surface area contributed by atoms with E-state index < -0.39 is 0 Å². The number of imidazole rings is 1. The number of hydrogen-bond donors (Lipinski definition) is 2. The first-order chi connectivity index (χ1) is 13.2. The number of amides is 1. The maximum atomic E-state index is 12.4. The summed E-state index contributed by atoms with van der Waals surface area (Å²) in [5.74, 6) is 0.845. The van der Waals surface area contributed by atoms with Crippen LogP contribution in [0.5, 0.6) is 0 Å². The Morgan fingerprint density at radius 1 is 1.22 bits per heavy atom. The Balaban J connectivity index is 1.32. The van der Waals surface area contributed by atoms with Gasteiger partial charge in [-0.05, 0) is 59.7 Å². The van der Waals surface area contributed by atoms with Crippen LogP contribution in [0.3, 0.4) is 0 Å². The molecule has 2 heterocycles. The number of carbonyl (C=O) groups excluding carboxylic acids is 1. The van der Waals surface area contributed by atoms with Crippen molar-refractivity contribution >= 4 is 16.9 Å². The van der Waals surface area contributed by atoms with Crippen molar-refractivity contribution in [3.8, 4) is 5.69 Å². The Hall–Kier alpha value is -3.55. The molecule has 0 aliphatic carbocycles. The predicted octanol–water partition coefficient (Wildman–Crippen LogP) is 2.21. The van der Waals surface area contributed by atoms with E-state index in [1.807, 2.05) is 43.3 Å². The Bertz CT molecular complexity index is 1040. The van der Waals surface area contributed by atoms with E-state index in [1.54, 1.807) is 10.7 Å². The number of para-hydroxylation sites is 2. The summed E-state index contributed by atoms with van der Waals surface area (Å²) in [5, 5.41) is 14.1. The molecule has 0 bridgehead atoms. The molecule has 0 atom stereocenters. The summed E-state index contributed by atoms with van der Waals surface area (Å²) in [7, 11) is 0. The quantitative estimate of drug-likeness (QED) is 0.513. The highest BCUT2D eigenvalue weighted by molar-refractivity contribution is 5.94. The standard InChI is InChI=1S/C19H19N7O/c1-13-11-14(8-9-17(13)26-12-21-24-25-26)19(27)20-10-4-7-18-22-15-5-2-3-6-16(15)23-18/h2-3,5-6,8-9,11-12H,4,7,10H2,1H3,(H,20,27)(H,22,23). The number of fused-ring (bicyclic) bond motifs is 1. The average Bonchev–Trinajstić information content (AvgIpc) is 3.34. The van der Waals surface area contributed by atoms with E-state index >= 15 is 0 Å². The normalized spacial score (nSPS) is 11.0. The van der Waals surface area contributed by atoms with Gasteiger partial charge in [0.1, 0.15) is 12.2 Å². The molecule has 2 aromatic carbocycles. The van der Waals surface area contributed by atoms with Crippen LogP contribution in [0.25, 0.3) is 16.7 Å². The Morgan fingerprint density at radius 2 is 2.11 bits per heavy atom. The lowest BCUT2D eigenvalue weighted by atomic mass is 10.1. The van der Waals surface area contributed by atoms with Crippen LogP contribution < -0.4 is 5.32 Å². The number of benzene rings is 2. The van der Waals surface area contributed by atoms with Gasteiger partial charge in [0.25, 0.3) is 5.91 Å². The van der Waals surface area contributed by atoms with E-state index in [4.69, 9.17) is 0 Å². The molecule has 2 aromatic heterocycles. The van der Waals surface area contributed by atoms with Crippen molar-refractivity contribution in [2.75, 3.05) is 6.54 Å². The van der Waals surface area contributed by atoms with Gasteiger partial charge in [0.15, 0.2) is 0 Å². The molecule has 0 saturated carbocycles. The lowest BCUT2D eigenvalue weighted by Gasteiger charge is -2.08. The summed E-state index contributed by atoms with van der Waals surface area (Å²) in [6.07, 6.45) is 3.12. The molecule has 4 aromatic rings. The molecule has 8 heteroatoms. The highest BCUT2D eigenvalue weighted by Gasteiger charge is 2.09. The fourth-order valence-corrected chi connectivity index (χ4v) is 3.01. The summed E-state index contributed by atoms with van der Waals surface area (Å²) in [5.41, 5.74) is 4.40. The van der Waals surface area contributed by atoms with Crippen molar-refractivity contribution in [3.05, 3.63) is 65.7 Å². The third kappa shape index (κ3) is 3.69. The summed E-state index contributed by atoms with van der Waals surface area (Å²) in [4.78, 5) is 20.2. The minimum atomic E-state index is -0.0917. The smallest absolute Gasteiger partial charge is 0.251 e. The zero-order valence-electron chi connectivity index (χ0n) is 14.9. The van der Waals surface area contributed by atoms with E-state index in [0.717, 1.165) is 41.0 Å². The van der Waals surface area contributed by atoms with Crippen LogP contribution in [0.15, 0.2) is 48.8 Å². The Morgan fingerprint density at radius 3 is 2.89 bits per heavy atom. The summed E-state index contributed by atoms with van der Waals surface area (Å²) in [6, 6.07) is 13.4. The average molecular weight is 361 g/mol. The Labute approximate surface area is 155 Å². The number of tetrazole rings is 1. The second-order valence-corrected chi connectivity index (χ2v) is 6.32. The highest BCUT2D eigenvalue weighted by atomic mass is 16.1. The number of aromatic nitrogens is 6. The summed E-state index contributed by atoms with van der Waals surface area (Å²) in [6.45, 7) is 2.51. The lowest BCUT2D eigenvalue weighted by molar-refractivity contribution is 0.0953. The summed E-state index contributed by atoms with van der Waals surface area (Å²) < 4.78 is 1.57. The van der Waals surface area contributed by atoms with Crippen LogP contribution in [-0.2, 0) is 6.42 Å². The van der Waals surface area contributed by atoms with Gasteiger partial charge in [-0.15, -0.1) is 5.10 Å². The SMILES string of the molecule is Cc1cc(C(=O)NCCCc2nc3ccccc3[nH]2)ccc1-n1cnnn1. The molecule has 27 heavy (non-hydrogen) atoms. The van der Waals surface area contributed by atoms with E-state index in [9.17, 15) is 4.79 Å². The Kier molecular flexibility index (Phi) is 4.61. The second-order valence-electron chi connectivity index (χ2n) is 6.32. The minimum absolute atomic E-state index is 0.0917. The van der Waals surface area contributed by atoms with Crippen LogP contribution in [0.2, 0.25) is 0 Å². The lowest BCUT2D eigenvalue weighted by Crippen LogP contribution is -2.25. The minimum Gasteiger partial charge on any atom is -0.352 e. The third-order valence-electron chi connectivity index (χ3n) is 4.37. The number of nitrogens with one attached hydrogen (secondary N) is 2. The molecule has 4 rings (SSSR count). The number of rotatable bonds is 6. The molecule has 0 radical (unpaired) electrons. The van der Waals surface area contributed by atoms with Gasteiger partial charge in [-0.1, -0.05) is 12.1 Å². The molecule has 8 nitrogen and oxygen atoms in total. The van der Waals surface area contributed by atoms with Crippen molar-refractivity contribution in [1.29, 1.82) is 0 Å². The number of aryl methyl sites for hydroxylation is 2. The van der Waals surface area contributed by atoms with E-state index in [-0.39, 0.29) is 5.91 Å². The molecular weight excluding hydrogens is 342 g/mol. The van der Waals surface area contributed by atoms with Crippen LogP contribution in [0.1, 0.15) is 28.2 Å². The second kappa shape index (κ2) is 7.36. The van der Waals surface area contributed by atoms with Gasteiger partial charge in [-0.3, -0.25) is 4.79 Å². The zero-order valence-corrected chi connectivity index (χ0v) is 14.9. The van der Waals surface area contributed by atoms with Crippen LogP contribution >= 0.6 is 0 Å². The van der Waals surface area contributed by atoms with Gasteiger partial charge < -0.3 is 10.3 Å². The zero-order chi connectivity index (χ0) is 18.6. The maximum Gasteiger partial charge on any atom is 0.251 e. The monoisotopic (exact) mass is 361 g/mol. The largest absolute Gasteiger partial charge is 0.352 e. The molecule has 0 saturated heterocycles. The molecular formula is C19H19N7O. The van der Waals surface area contributed by atoms with E-state index in [2.05, 4.69) is 30.8 Å². The van der Waals surface area contributed by atoms with Crippen LogP contribution in [0.4, 0.5) is 0 Å².